The Bertz CT molecular complexity index is 355. The molecule has 0 aliphatic carbocycles. The monoisotopic (exact) mass is 225 g/mol. The van der Waals surface area contributed by atoms with Crippen molar-refractivity contribution in [1.82, 2.24) is 0 Å². The third-order valence-corrected chi connectivity index (χ3v) is 2.90. The van der Waals surface area contributed by atoms with Crippen molar-refractivity contribution in [2.45, 2.75) is 39.2 Å². The van der Waals surface area contributed by atoms with Crippen molar-refractivity contribution >= 4 is 0 Å². The van der Waals surface area contributed by atoms with E-state index in [-0.39, 0.29) is 12.4 Å². The highest BCUT2D eigenvalue weighted by molar-refractivity contribution is 5.36. The van der Waals surface area contributed by atoms with Gasteiger partial charge in [0.05, 0.1) is 0 Å². The lowest BCUT2D eigenvalue weighted by Crippen LogP contribution is -2.36. The Morgan fingerprint density at radius 3 is 2.44 bits per heavy atom. The van der Waals surface area contributed by atoms with Crippen LogP contribution < -0.4 is 5.73 Å². The molecule has 90 valence electrons. The molecule has 3 heteroatoms. The van der Waals surface area contributed by atoms with Crippen LogP contribution in [0.1, 0.15) is 36.5 Å². The van der Waals surface area contributed by atoms with Gasteiger partial charge in [-0.15, -0.1) is 0 Å². The molecule has 0 spiro atoms. The Balaban J connectivity index is 3.30. The molecule has 0 saturated carbocycles. The summed E-state index contributed by atoms with van der Waals surface area (Å²) in [6.07, 6.45) is 1.24. The minimum Gasteiger partial charge on any atom is -0.384 e. The fourth-order valence-corrected chi connectivity index (χ4v) is 2.25. The third-order valence-electron chi connectivity index (χ3n) is 2.90. The van der Waals surface area contributed by atoms with Crippen LogP contribution in [0, 0.1) is 19.7 Å². The number of nitrogens with two attached hydrogens (primary N) is 1. The maximum Gasteiger partial charge on any atom is 0.129 e. The first-order valence-corrected chi connectivity index (χ1v) is 5.64. The average molecular weight is 225 g/mol. The van der Waals surface area contributed by atoms with E-state index in [1.807, 2.05) is 26.8 Å². The van der Waals surface area contributed by atoms with Crippen LogP contribution in [-0.4, -0.2) is 11.7 Å². The summed E-state index contributed by atoms with van der Waals surface area (Å²) in [5, 5.41) is 10.4. The van der Waals surface area contributed by atoms with E-state index in [1.54, 1.807) is 0 Å². The lowest BCUT2D eigenvalue weighted by atomic mass is 9.85. The largest absolute Gasteiger partial charge is 0.384 e. The summed E-state index contributed by atoms with van der Waals surface area (Å²) in [7, 11) is 0. The molecule has 3 N–H and O–H groups in total. The Kier molecular flexibility index (Phi) is 4.05. The first kappa shape index (κ1) is 13.1. The van der Waals surface area contributed by atoms with Gasteiger partial charge in [-0.2, -0.15) is 0 Å². The van der Waals surface area contributed by atoms with E-state index < -0.39 is 5.60 Å². The summed E-state index contributed by atoms with van der Waals surface area (Å²) in [5.74, 6) is -0.362. The zero-order chi connectivity index (χ0) is 12.3. The molecule has 0 bridgehead atoms. The number of hydrogen-bond donors (Lipinski definition) is 2. The van der Waals surface area contributed by atoms with Crippen molar-refractivity contribution in [3.8, 4) is 0 Å². The van der Waals surface area contributed by atoms with Crippen molar-refractivity contribution in [3.63, 3.8) is 0 Å². The van der Waals surface area contributed by atoms with Gasteiger partial charge in [-0.25, -0.2) is 4.39 Å². The molecule has 1 atom stereocenters. The van der Waals surface area contributed by atoms with Gasteiger partial charge in [0.2, 0.25) is 0 Å². The zero-order valence-corrected chi connectivity index (χ0v) is 10.2. The van der Waals surface area contributed by atoms with Crippen LogP contribution in [0.15, 0.2) is 12.1 Å². The number of halogens is 1. The Morgan fingerprint density at radius 1 is 1.38 bits per heavy atom. The predicted octanol–water partition coefficient (Wildman–Crippen LogP) is 2.39. The van der Waals surface area contributed by atoms with Gasteiger partial charge in [-0.05, 0) is 37.5 Å². The normalized spacial score (nSPS) is 14.9. The first-order chi connectivity index (χ1) is 7.44. The third kappa shape index (κ3) is 2.42. The summed E-state index contributed by atoms with van der Waals surface area (Å²) in [6, 6.07) is 3.31. The summed E-state index contributed by atoms with van der Waals surface area (Å²) >= 11 is 0. The minimum absolute atomic E-state index is 0.0433. The molecule has 0 aromatic heterocycles. The van der Waals surface area contributed by atoms with Gasteiger partial charge in [-0.1, -0.05) is 19.4 Å². The van der Waals surface area contributed by atoms with Gasteiger partial charge in [-0.3, -0.25) is 0 Å². The topological polar surface area (TPSA) is 46.2 Å². The first-order valence-electron chi connectivity index (χ1n) is 5.64. The van der Waals surface area contributed by atoms with E-state index in [0.29, 0.717) is 12.0 Å². The molecule has 0 heterocycles. The molecule has 0 saturated heterocycles. The molecule has 1 unspecified atom stereocenters. The SMILES string of the molecule is CCCC(O)(CN)c1c(C)cc(C)cc1F. The van der Waals surface area contributed by atoms with Crippen molar-refractivity contribution in [3.05, 3.63) is 34.6 Å². The van der Waals surface area contributed by atoms with Gasteiger partial charge in [0.1, 0.15) is 11.4 Å². The predicted molar refractivity (Wildman–Crippen MR) is 63.7 cm³/mol. The van der Waals surface area contributed by atoms with Gasteiger partial charge >= 0.3 is 0 Å². The van der Waals surface area contributed by atoms with E-state index in [2.05, 4.69) is 0 Å². The number of benzene rings is 1. The molecule has 1 rings (SSSR count). The molecule has 16 heavy (non-hydrogen) atoms. The second-order valence-corrected chi connectivity index (χ2v) is 4.42. The van der Waals surface area contributed by atoms with Crippen LogP contribution in [0.3, 0.4) is 0 Å². The zero-order valence-electron chi connectivity index (χ0n) is 10.2. The molecule has 1 aromatic carbocycles. The Morgan fingerprint density at radius 2 is 2.00 bits per heavy atom. The van der Waals surface area contributed by atoms with Crippen molar-refractivity contribution in [2.75, 3.05) is 6.54 Å². The van der Waals surface area contributed by atoms with Crippen LogP contribution in [-0.2, 0) is 5.60 Å². The second-order valence-electron chi connectivity index (χ2n) is 4.42. The molecular weight excluding hydrogens is 205 g/mol. The smallest absolute Gasteiger partial charge is 0.129 e. The van der Waals surface area contributed by atoms with Gasteiger partial charge < -0.3 is 10.8 Å². The van der Waals surface area contributed by atoms with Gasteiger partial charge in [0, 0.05) is 12.1 Å². The van der Waals surface area contributed by atoms with Crippen LogP contribution in [0.2, 0.25) is 0 Å². The molecule has 2 nitrogen and oxygen atoms in total. The van der Waals surface area contributed by atoms with E-state index in [0.717, 1.165) is 17.5 Å². The fraction of sp³-hybridized carbons (Fsp3) is 0.538. The summed E-state index contributed by atoms with van der Waals surface area (Å²) in [6.45, 7) is 5.63. The highest BCUT2D eigenvalue weighted by atomic mass is 19.1. The highest BCUT2D eigenvalue weighted by Gasteiger charge is 2.31. The van der Waals surface area contributed by atoms with Crippen molar-refractivity contribution in [1.29, 1.82) is 0 Å². The number of aliphatic hydroxyl groups is 1. The molecule has 0 aliphatic rings. The number of rotatable bonds is 4. The maximum absolute atomic E-state index is 13.9. The lowest BCUT2D eigenvalue weighted by Gasteiger charge is -2.29. The molecule has 0 radical (unpaired) electrons. The molecule has 0 amide bonds. The quantitative estimate of drug-likeness (QED) is 0.826. The molecule has 0 aliphatic heterocycles. The minimum atomic E-state index is -1.24. The van der Waals surface area contributed by atoms with Crippen LogP contribution in [0.4, 0.5) is 4.39 Å². The maximum atomic E-state index is 13.9. The van der Waals surface area contributed by atoms with Gasteiger partial charge in [0.25, 0.3) is 0 Å². The standard InChI is InChI=1S/C13H20FNO/c1-4-5-13(16,8-15)12-10(3)6-9(2)7-11(12)14/h6-7,16H,4-5,8,15H2,1-3H3. The van der Waals surface area contributed by atoms with Crippen LogP contribution in [0.5, 0.6) is 0 Å². The van der Waals surface area contributed by atoms with E-state index in [4.69, 9.17) is 5.73 Å². The average Bonchev–Trinajstić information content (AvgIpc) is 2.16. The molecule has 1 aromatic rings. The van der Waals surface area contributed by atoms with Crippen LogP contribution >= 0.6 is 0 Å². The second kappa shape index (κ2) is 4.93. The van der Waals surface area contributed by atoms with E-state index in [1.165, 1.54) is 6.07 Å². The summed E-state index contributed by atoms with van der Waals surface area (Å²) < 4.78 is 13.9. The summed E-state index contributed by atoms with van der Waals surface area (Å²) in [5.41, 5.74) is 6.31. The van der Waals surface area contributed by atoms with Crippen LogP contribution in [0.25, 0.3) is 0 Å². The summed E-state index contributed by atoms with van der Waals surface area (Å²) in [4.78, 5) is 0. The van der Waals surface area contributed by atoms with Crippen molar-refractivity contribution < 1.29 is 9.50 Å². The molecule has 0 fully saturated rings. The van der Waals surface area contributed by atoms with Gasteiger partial charge in [0.15, 0.2) is 0 Å². The number of hydrogen-bond acceptors (Lipinski definition) is 2. The Hall–Kier alpha value is -0.930. The number of aryl methyl sites for hydroxylation is 2. The fourth-order valence-electron chi connectivity index (χ4n) is 2.25. The molecular formula is C13H20FNO. The highest BCUT2D eigenvalue weighted by Crippen LogP contribution is 2.31. The lowest BCUT2D eigenvalue weighted by molar-refractivity contribution is 0.0317. The Labute approximate surface area is 96.3 Å². The van der Waals surface area contributed by atoms with E-state index in [9.17, 15) is 9.50 Å². The van der Waals surface area contributed by atoms with Crippen molar-refractivity contribution in [2.24, 2.45) is 5.73 Å². The van der Waals surface area contributed by atoms with E-state index >= 15 is 0 Å².